The van der Waals surface area contributed by atoms with Gasteiger partial charge in [-0.2, -0.15) is 0 Å². The summed E-state index contributed by atoms with van der Waals surface area (Å²) in [6, 6.07) is 11.4. The zero-order chi connectivity index (χ0) is 17.0. The first-order valence-corrected chi connectivity index (χ1v) is 7.80. The number of nitrogens with one attached hydrogen (secondary N) is 2. The van der Waals surface area contributed by atoms with E-state index in [0.717, 1.165) is 0 Å². The van der Waals surface area contributed by atoms with Crippen LogP contribution in [-0.2, 0) is 0 Å². The maximum absolute atomic E-state index is 12.4. The van der Waals surface area contributed by atoms with E-state index in [2.05, 4.69) is 10.6 Å². The maximum Gasteiger partial charge on any atom is 0.257 e. The lowest BCUT2D eigenvalue weighted by molar-refractivity contribution is 0.0944. The lowest BCUT2D eigenvalue weighted by atomic mass is 10.1. The fraction of sp³-hybridized carbons (Fsp3) is 0.176. The fourth-order valence-electron chi connectivity index (χ4n) is 1.99. The molecule has 2 aromatic carbocycles. The number of anilines is 1. The van der Waals surface area contributed by atoms with Crippen molar-refractivity contribution in [3.63, 3.8) is 0 Å². The monoisotopic (exact) mass is 350 g/mol. The Morgan fingerprint density at radius 3 is 2.30 bits per heavy atom. The molecule has 2 aromatic rings. The van der Waals surface area contributed by atoms with Crippen molar-refractivity contribution in [1.29, 1.82) is 0 Å². The van der Waals surface area contributed by atoms with Crippen molar-refractivity contribution in [1.82, 2.24) is 5.32 Å². The quantitative estimate of drug-likeness (QED) is 0.859. The van der Waals surface area contributed by atoms with E-state index >= 15 is 0 Å². The van der Waals surface area contributed by atoms with Crippen LogP contribution in [0.2, 0.25) is 10.0 Å². The van der Waals surface area contributed by atoms with Gasteiger partial charge in [0, 0.05) is 11.1 Å². The molecule has 2 rings (SSSR count). The first kappa shape index (κ1) is 17.3. The highest BCUT2D eigenvalue weighted by atomic mass is 35.5. The number of rotatable bonds is 4. The molecule has 2 N–H and O–H groups in total. The van der Waals surface area contributed by atoms with Gasteiger partial charge in [0.15, 0.2) is 0 Å². The van der Waals surface area contributed by atoms with Crippen molar-refractivity contribution >= 4 is 40.7 Å². The molecule has 120 valence electrons. The van der Waals surface area contributed by atoms with Gasteiger partial charge in [-0.25, -0.2) is 0 Å². The Morgan fingerprint density at radius 1 is 0.957 bits per heavy atom. The minimum atomic E-state index is -0.406. The van der Waals surface area contributed by atoms with Crippen LogP contribution in [0.25, 0.3) is 0 Å². The molecule has 0 fully saturated rings. The summed E-state index contributed by atoms with van der Waals surface area (Å²) in [7, 11) is 0. The Labute approximate surface area is 144 Å². The normalized spacial score (nSPS) is 10.5. The topological polar surface area (TPSA) is 58.2 Å². The van der Waals surface area contributed by atoms with Gasteiger partial charge in [0.25, 0.3) is 11.8 Å². The van der Waals surface area contributed by atoms with Gasteiger partial charge < -0.3 is 10.6 Å². The second-order valence-electron chi connectivity index (χ2n) is 5.25. The second kappa shape index (κ2) is 7.49. The Morgan fingerprint density at radius 2 is 1.65 bits per heavy atom. The number of amides is 2. The molecule has 0 aliphatic carbocycles. The molecule has 0 saturated carbocycles. The smallest absolute Gasteiger partial charge is 0.257 e. The van der Waals surface area contributed by atoms with E-state index in [9.17, 15) is 9.59 Å². The van der Waals surface area contributed by atoms with E-state index in [-0.39, 0.29) is 22.5 Å². The van der Waals surface area contributed by atoms with Gasteiger partial charge in [-0.05, 0) is 44.2 Å². The highest BCUT2D eigenvalue weighted by Gasteiger charge is 2.16. The van der Waals surface area contributed by atoms with Crippen LogP contribution in [0.4, 0.5) is 5.69 Å². The Hall–Kier alpha value is -2.04. The number of carbonyl (C=O) groups is 2. The van der Waals surface area contributed by atoms with Crippen LogP contribution in [0.5, 0.6) is 0 Å². The van der Waals surface area contributed by atoms with Gasteiger partial charge in [-0.1, -0.05) is 35.3 Å². The van der Waals surface area contributed by atoms with Crippen LogP contribution in [0.1, 0.15) is 34.6 Å². The van der Waals surface area contributed by atoms with E-state index < -0.39 is 5.91 Å². The molecule has 0 heterocycles. The third kappa shape index (κ3) is 4.47. The number of para-hydroxylation sites is 1. The molecule has 0 radical (unpaired) electrons. The zero-order valence-corrected chi connectivity index (χ0v) is 14.2. The minimum Gasteiger partial charge on any atom is -0.350 e. The molecule has 2 amide bonds. The second-order valence-corrected chi connectivity index (χ2v) is 6.10. The SMILES string of the molecule is CC(C)NC(=O)c1ccccc1NC(=O)c1ccc(Cl)cc1Cl. The minimum absolute atomic E-state index is 0.00281. The molecule has 0 bridgehead atoms. The number of benzene rings is 2. The highest BCUT2D eigenvalue weighted by Crippen LogP contribution is 2.23. The van der Waals surface area contributed by atoms with Crippen LogP contribution in [0.15, 0.2) is 42.5 Å². The van der Waals surface area contributed by atoms with Gasteiger partial charge in [-0.15, -0.1) is 0 Å². The summed E-state index contributed by atoms with van der Waals surface area (Å²) in [4.78, 5) is 24.6. The van der Waals surface area contributed by atoms with E-state index in [1.807, 2.05) is 13.8 Å². The van der Waals surface area contributed by atoms with Crippen molar-refractivity contribution in [2.75, 3.05) is 5.32 Å². The summed E-state index contributed by atoms with van der Waals surface area (Å²) in [5, 5.41) is 6.21. The molecule has 0 unspecified atom stereocenters. The van der Waals surface area contributed by atoms with E-state index in [4.69, 9.17) is 23.2 Å². The number of hydrogen-bond donors (Lipinski definition) is 2. The predicted molar refractivity (Wildman–Crippen MR) is 93.5 cm³/mol. The summed E-state index contributed by atoms with van der Waals surface area (Å²) >= 11 is 11.9. The number of halogens is 2. The molecule has 0 saturated heterocycles. The first-order valence-electron chi connectivity index (χ1n) is 7.04. The Kier molecular flexibility index (Phi) is 5.64. The van der Waals surface area contributed by atoms with Crippen LogP contribution in [-0.4, -0.2) is 17.9 Å². The van der Waals surface area contributed by atoms with Crippen LogP contribution < -0.4 is 10.6 Å². The summed E-state index contributed by atoms with van der Waals surface area (Å²) in [6.07, 6.45) is 0. The van der Waals surface area contributed by atoms with Gasteiger partial charge >= 0.3 is 0 Å². The van der Waals surface area contributed by atoms with E-state index in [1.165, 1.54) is 12.1 Å². The van der Waals surface area contributed by atoms with Gasteiger partial charge in [-0.3, -0.25) is 9.59 Å². The summed E-state index contributed by atoms with van der Waals surface area (Å²) < 4.78 is 0. The number of carbonyl (C=O) groups excluding carboxylic acids is 2. The molecule has 0 spiro atoms. The molecule has 0 aliphatic heterocycles. The van der Waals surface area contributed by atoms with Gasteiger partial charge in [0.1, 0.15) is 0 Å². The van der Waals surface area contributed by atoms with Gasteiger partial charge in [0.05, 0.1) is 21.8 Å². The summed E-state index contributed by atoms with van der Waals surface area (Å²) in [5.41, 5.74) is 1.09. The summed E-state index contributed by atoms with van der Waals surface area (Å²) in [6.45, 7) is 3.74. The van der Waals surface area contributed by atoms with Crippen LogP contribution >= 0.6 is 23.2 Å². The molecule has 0 aliphatic rings. The van der Waals surface area contributed by atoms with Crippen molar-refractivity contribution in [2.45, 2.75) is 19.9 Å². The molecule has 23 heavy (non-hydrogen) atoms. The van der Waals surface area contributed by atoms with Crippen LogP contribution in [0.3, 0.4) is 0 Å². The van der Waals surface area contributed by atoms with Crippen LogP contribution in [0, 0.1) is 0 Å². The van der Waals surface area contributed by atoms with Crippen molar-refractivity contribution in [3.05, 3.63) is 63.6 Å². The van der Waals surface area contributed by atoms with E-state index in [1.54, 1.807) is 30.3 Å². The predicted octanol–water partition coefficient (Wildman–Crippen LogP) is 4.38. The lowest BCUT2D eigenvalue weighted by Gasteiger charge is -2.13. The maximum atomic E-state index is 12.4. The average Bonchev–Trinajstić information content (AvgIpc) is 2.46. The van der Waals surface area contributed by atoms with Gasteiger partial charge in [0.2, 0.25) is 0 Å². The average molecular weight is 351 g/mol. The molecule has 0 atom stereocenters. The van der Waals surface area contributed by atoms with Crippen molar-refractivity contribution < 1.29 is 9.59 Å². The summed E-state index contributed by atoms with van der Waals surface area (Å²) in [5.74, 6) is -0.658. The first-order chi connectivity index (χ1) is 10.9. The zero-order valence-electron chi connectivity index (χ0n) is 12.7. The van der Waals surface area contributed by atoms with Crippen molar-refractivity contribution in [2.24, 2.45) is 0 Å². The lowest BCUT2D eigenvalue weighted by Crippen LogP contribution is -2.31. The third-order valence-electron chi connectivity index (χ3n) is 3.02. The third-order valence-corrected chi connectivity index (χ3v) is 3.56. The molecule has 0 aromatic heterocycles. The standard InChI is InChI=1S/C17H16Cl2N2O2/c1-10(2)20-17(23)13-5-3-4-6-15(13)21-16(22)12-8-7-11(18)9-14(12)19/h3-10H,1-2H3,(H,20,23)(H,21,22). The largest absolute Gasteiger partial charge is 0.350 e. The molecular weight excluding hydrogens is 335 g/mol. The molecule has 6 heteroatoms. The molecule has 4 nitrogen and oxygen atoms in total. The van der Waals surface area contributed by atoms with Crippen molar-refractivity contribution in [3.8, 4) is 0 Å². The Bertz CT molecular complexity index is 745. The number of hydrogen-bond acceptors (Lipinski definition) is 2. The fourth-order valence-corrected chi connectivity index (χ4v) is 2.49. The highest BCUT2D eigenvalue weighted by molar-refractivity contribution is 6.37. The Balaban J connectivity index is 2.26. The molecular formula is C17H16Cl2N2O2. The van der Waals surface area contributed by atoms with E-state index in [0.29, 0.717) is 16.3 Å².